The summed E-state index contributed by atoms with van der Waals surface area (Å²) in [5.74, 6) is -0.607. The van der Waals surface area contributed by atoms with Gasteiger partial charge in [0.15, 0.2) is 9.84 Å². The van der Waals surface area contributed by atoms with E-state index in [9.17, 15) is 18.3 Å². The van der Waals surface area contributed by atoms with Crippen LogP contribution in [0.4, 0.5) is 10.5 Å². The second-order valence-corrected chi connectivity index (χ2v) is 10.4. The van der Waals surface area contributed by atoms with Crippen LogP contribution in [0.1, 0.15) is 35.2 Å². The number of urea groups is 1. The zero-order valence-electron chi connectivity index (χ0n) is 18.6. The van der Waals surface area contributed by atoms with Crippen molar-refractivity contribution in [1.29, 1.82) is 0 Å². The van der Waals surface area contributed by atoms with Crippen molar-refractivity contribution in [1.82, 2.24) is 10.2 Å². The summed E-state index contributed by atoms with van der Waals surface area (Å²) in [5.41, 5.74) is 4.27. The Balaban J connectivity index is 1.43. The van der Waals surface area contributed by atoms with Gasteiger partial charge in [0, 0.05) is 24.8 Å². The van der Waals surface area contributed by atoms with E-state index in [2.05, 4.69) is 15.5 Å². The number of fused-ring (bicyclic) bond motifs is 1. The lowest BCUT2D eigenvalue weighted by atomic mass is 10.1. The fraction of sp³-hybridized carbons (Fsp3) is 0.240. The number of sulfone groups is 1. The van der Waals surface area contributed by atoms with Gasteiger partial charge >= 0.3 is 6.03 Å². The molecular formula is C25H27N3O4S. The van der Waals surface area contributed by atoms with Gasteiger partial charge in [-0.3, -0.25) is 4.90 Å². The second kappa shape index (κ2) is 9.25. The Bertz CT molecular complexity index is 1280. The number of phenols is 1. The number of carbonyl (C=O) groups excluding carboxylic acids is 1. The molecule has 3 aromatic carbocycles. The maximum absolute atomic E-state index is 13.0. The molecule has 0 spiro atoms. The third-order valence-electron chi connectivity index (χ3n) is 5.71. The fourth-order valence-electron chi connectivity index (χ4n) is 4.05. The first-order valence-electron chi connectivity index (χ1n) is 10.7. The zero-order chi connectivity index (χ0) is 23.6. The average Bonchev–Trinajstić information content (AvgIpc) is 3.13. The van der Waals surface area contributed by atoms with Crippen molar-refractivity contribution in [3.8, 4) is 5.75 Å². The van der Waals surface area contributed by atoms with Crippen LogP contribution in [0.25, 0.3) is 0 Å². The van der Waals surface area contributed by atoms with Crippen LogP contribution in [0, 0.1) is 0 Å². The molecule has 1 heterocycles. The maximum Gasteiger partial charge on any atom is 0.319 e. The predicted molar refractivity (Wildman–Crippen MR) is 128 cm³/mol. The molecule has 3 N–H and O–H groups in total. The number of hydrogen-bond donors (Lipinski definition) is 3. The Morgan fingerprint density at radius 1 is 1.03 bits per heavy atom. The summed E-state index contributed by atoms with van der Waals surface area (Å²) in [6, 6.07) is 18.6. The first-order valence-corrected chi connectivity index (χ1v) is 12.3. The van der Waals surface area contributed by atoms with E-state index in [4.69, 9.17) is 0 Å². The molecule has 0 bridgehead atoms. The monoisotopic (exact) mass is 465 g/mol. The van der Waals surface area contributed by atoms with Crippen molar-refractivity contribution in [2.75, 3.05) is 12.4 Å². The lowest BCUT2D eigenvalue weighted by Gasteiger charge is -2.15. The average molecular weight is 466 g/mol. The minimum atomic E-state index is -3.77. The molecule has 2 amide bonds. The molecule has 33 heavy (non-hydrogen) atoms. The lowest BCUT2D eigenvalue weighted by Crippen LogP contribution is -2.31. The number of amides is 2. The van der Waals surface area contributed by atoms with Gasteiger partial charge in [-0.25, -0.2) is 13.2 Å². The van der Waals surface area contributed by atoms with Gasteiger partial charge in [0.25, 0.3) is 0 Å². The molecule has 0 radical (unpaired) electrons. The molecule has 1 unspecified atom stereocenters. The number of nitrogens with one attached hydrogen (secondary N) is 2. The van der Waals surface area contributed by atoms with Crippen LogP contribution in [-0.4, -0.2) is 31.5 Å². The van der Waals surface area contributed by atoms with Crippen LogP contribution in [0.2, 0.25) is 0 Å². The van der Waals surface area contributed by atoms with E-state index < -0.39 is 21.6 Å². The van der Waals surface area contributed by atoms with Crippen molar-refractivity contribution in [3.05, 3.63) is 89.0 Å². The van der Waals surface area contributed by atoms with E-state index in [0.29, 0.717) is 11.3 Å². The van der Waals surface area contributed by atoms with Gasteiger partial charge in [-0.1, -0.05) is 48.5 Å². The van der Waals surface area contributed by atoms with Crippen molar-refractivity contribution in [2.24, 2.45) is 0 Å². The molecule has 0 saturated heterocycles. The zero-order valence-corrected chi connectivity index (χ0v) is 19.4. The summed E-state index contributed by atoms with van der Waals surface area (Å²) in [7, 11) is -1.75. The molecule has 0 aliphatic carbocycles. The highest BCUT2D eigenvalue weighted by Crippen LogP contribution is 2.30. The molecule has 1 atom stereocenters. The third kappa shape index (κ3) is 5.35. The van der Waals surface area contributed by atoms with Gasteiger partial charge in [-0.05, 0) is 48.4 Å². The number of anilines is 1. The van der Waals surface area contributed by atoms with Gasteiger partial charge < -0.3 is 15.7 Å². The maximum atomic E-state index is 13.0. The van der Waals surface area contributed by atoms with E-state index >= 15 is 0 Å². The minimum Gasteiger partial charge on any atom is -0.507 e. The molecule has 0 saturated carbocycles. The summed E-state index contributed by atoms with van der Waals surface area (Å²) in [4.78, 5) is 14.3. The highest BCUT2D eigenvalue weighted by molar-refractivity contribution is 7.90. The molecule has 8 heteroatoms. The number of rotatable bonds is 6. The second-order valence-electron chi connectivity index (χ2n) is 8.45. The molecule has 4 rings (SSSR count). The molecule has 0 aromatic heterocycles. The Morgan fingerprint density at radius 2 is 1.76 bits per heavy atom. The smallest absolute Gasteiger partial charge is 0.319 e. The Kier molecular flexibility index (Phi) is 6.40. The van der Waals surface area contributed by atoms with Gasteiger partial charge in [-0.15, -0.1) is 0 Å². The highest BCUT2D eigenvalue weighted by Gasteiger charge is 2.22. The Hall–Kier alpha value is -3.36. The van der Waals surface area contributed by atoms with Crippen LogP contribution in [-0.2, 0) is 28.7 Å². The third-order valence-corrected chi connectivity index (χ3v) is 7.44. The van der Waals surface area contributed by atoms with Gasteiger partial charge in [0.2, 0.25) is 0 Å². The number of benzene rings is 3. The SMILES string of the molecule is CC(NC(=O)Nc1ccc(S(=O)(=O)Cc2ccc3c(c2)CN(C)C3)c(O)c1)c1ccccc1. The van der Waals surface area contributed by atoms with E-state index in [1.807, 2.05) is 62.5 Å². The molecular weight excluding hydrogens is 438 g/mol. The lowest BCUT2D eigenvalue weighted by molar-refractivity contribution is 0.249. The molecule has 3 aromatic rings. The summed E-state index contributed by atoms with van der Waals surface area (Å²) in [5, 5.41) is 15.9. The number of hydrogen-bond acceptors (Lipinski definition) is 5. The molecule has 0 fully saturated rings. The molecule has 1 aliphatic heterocycles. The van der Waals surface area contributed by atoms with E-state index in [-0.39, 0.29) is 16.7 Å². The summed E-state index contributed by atoms with van der Waals surface area (Å²) in [6.45, 7) is 3.51. The largest absolute Gasteiger partial charge is 0.507 e. The standard InChI is InChI=1S/C25H27N3O4S/c1-17(19-6-4-3-5-7-19)26-25(30)27-22-10-11-24(23(29)13-22)33(31,32)16-18-8-9-20-14-28(2)15-21(20)12-18/h3-13,17,29H,14-16H2,1-2H3,(H2,26,27,30). The highest BCUT2D eigenvalue weighted by atomic mass is 32.2. The fourth-order valence-corrected chi connectivity index (χ4v) is 5.48. The van der Waals surface area contributed by atoms with Crippen LogP contribution in [0.5, 0.6) is 5.75 Å². The number of nitrogens with zero attached hydrogens (tertiary/aromatic N) is 1. The summed E-state index contributed by atoms with van der Waals surface area (Å²) < 4.78 is 25.9. The molecule has 172 valence electrons. The van der Waals surface area contributed by atoms with Gasteiger partial charge in [-0.2, -0.15) is 0 Å². The van der Waals surface area contributed by atoms with Gasteiger partial charge in [0.05, 0.1) is 11.8 Å². The summed E-state index contributed by atoms with van der Waals surface area (Å²) >= 11 is 0. The summed E-state index contributed by atoms with van der Waals surface area (Å²) in [6.07, 6.45) is 0. The molecule has 1 aliphatic rings. The van der Waals surface area contributed by atoms with Crippen LogP contribution < -0.4 is 10.6 Å². The first-order chi connectivity index (χ1) is 15.7. The predicted octanol–water partition coefficient (Wildman–Crippen LogP) is 4.19. The Labute approximate surface area is 194 Å². The van der Waals surface area contributed by atoms with Crippen molar-refractivity contribution < 1.29 is 18.3 Å². The minimum absolute atomic E-state index is 0.163. The number of carbonyl (C=O) groups is 1. The van der Waals surface area contributed by atoms with Crippen molar-refractivity contribution >= 4 is 21.6 Å². The topological polar surface area (TPSA) is 98.7 Å². The van der Waals surface area contributed by atoms with Crippen LogP contribution in [0.15, 0.2) is 71.6 Å². The van der Waals surface area contributed by atoms with E-state index in [0.717, 1.165) is 24.2 Å². The van der Waals surface area contributed by atoms with Gasteiger partial charge in [0.1, 0.15) is 10.6 Å². The number of aromatic hydroxyl groups is 1. The quantitative estimate of drug-likeness (QED) is 0.507. The Morgan fingerprint density at radius 3 is 2.48 bits per heavy atom. The van der Waals surface area contributed by atoms with Crippen molar-refractivity contribution in [3.63, 3.8) is 0 Å². The first kappa shape index (κ1) is 22.8. The normalized spacial score (nSPS) is 14.5. The molecule has 7 nitrogen and oxygen atoms in total. The van der Waals surface area contributed by atoms with Crippen LogP contribution >= 0.6 is 0 Å². The van der Waals surface area contributed by atoms with E-state index in [1.54, 1.807) is 0 Å². The van der Waals surface area contributed by atoms with Crippen LogP contribution in [0.3, 0.4) is 0 Å². The van der Waals surface area contributed by atoms with E-state index in [1.165, 1.54) is 23.8 Å². The van der Waals surface area contributed by atoms with Crippen molar-refractivity contribution in [2.45, 2.75) is 36.7 Å². The number of phenolic OH excluding ortho intramolecular Hbond substituents is 1.